The summed E-state index contributed by atoms with van der Waals surface area (Å²) in [4.78, 5) is 28.7. The second-order valence-electron chi connectivity index (χ2n) is 18.5. The minimum atomic E-state index is -1.91. The second-order valence-corrected chi connectivity index (χ2v) is 22.1. The predicted molar refractivity (Wildman–Crippen MR) is 249 cm³/mol. The number of nitrogens with zero attached hydrogens (tertiary/aromatic N) is 1. The summed E-state index contributed by atoms with van der Waals surface area (Å²) in [7, 11) is -1.81. The zero-order chi connectivity index (χ0) is 44.8. The van der Waals surface area contributed by atoms with Crippen LogP contribution in [-0.4, -0.2) is 96.7 Å². The lowest BCUT2D eigenvalue weighted by atomic mass is 9.78. The van der Waals surface area contributed by atoms with Gasteiger partial charge >= 0.3 is 5.97 Å². The van der Waals surface area contributed by atoms with E-state index in [2.05, 4.69) is 91.0 Å². The fraction of sp³-hybridized carbons (Fsp3) is 0.608. The van der Waals surface area contributed by atoms with Crippen LogP contribution in [0.3, 0.4) is 0 Å². The molecule has 3 aromatic rings. The van der Waals surface area contributed by atoms with E-state index in [-0.39, 0.29) is 37.6 Å². The monoisotopic (exact) mass is 863 g/mol. The molecule has 0 radical (unpaired) electrons. The van der Waals surface area contributed by atoms with Crippen molar-refractivity contribution in [2.45, 2.75) is 167 Å². The van der Waals surface area contributed by atoms with E-state index >= 15 is 0 Å². The van der Waals surface area contributed by atoms with Gasteiger partial charge in [0.2, 0.25) is 5.91 Å². The van der Waals surface area contributed by atoms with E-state index in [0.29, 0.717) is 6.42 Å². The molecule has 4 rings (SSSR count). The van der Waals surface area contributed by atoms with Crippen molar-refractivity contribution in [3.05, 3.63) is 91.0 Å². The molecule has 338 valence electrons. The molecule has 1 aliphatic rings. The molecule has 1 fully saturated rings. The lowest BCUT2D eigenvalue weighted by Gasteiger charge is -2.43. The molecule has 1 aliphatic heterocycles. The number of carbonyl (C=O) groups is 2. The van der Waals surface area contributed by atoms with Gasteiger partial charge in [0.05, 0.1) is 35.9 Å². The molecule has 0 saturated carbocycles. The maximum absolute atomic E-state index is 14.0. The molecular formula is C51H77NO8P+. The van der Waals surface area contributed by atoms with E-state index in [1.807, 2.05) is 6.92 Å². The largest absolute Gasteiger partial charge is 0.459 e. The molecule has 0 aromatic heterocycles. The number of benzene rings is 3. The maximum Gasteiger partial charge on any atom is 0.311 e. The number of ether oxygens (including phenoxy) is 1. The summed E-state index contributed by atoms with van der Waals surface area (Å²) in [6.07, 6.45) is 5.96. The lowest BCUT2D eigenvalue weighted by Crippen LogP contribution is -2.60. The normalized spacial score (nSPS) is 29.6. The van der Waals surface area contributed by atoms with Crippen molar-refractivity contribution in [3.63, 3.8) is 0 Å². The first-order chi connectivity index (χ1) is 29.0. The van der Waals surface area contributed by atoms with Crippen LogP contribution in [0.4, 0.5) is 0 Å². The summed E-state index contributed by atoms with van der Waals surface area (Å²) in [5.41, 5.74) is -3.56. The number of esters is 1. The third kappa shape index (κ3) is 13.0. The zero-order valence-electron chi connectivity index (χ0n) is 38.0. The highest BCUT2D eigenvalue weighted by molar-refractivity contribution is 7.95. The number of hydrogen-bond donors (Lipinski definition) is 5. The topological polar surface area (TPSA) is 148 Å². The summed E-state index contributed by atoms with van der Waals surface area (Å²) < 4.78 is 5.69. The number of amides is 1. The molecule has 61 heavy (non-hydrogen) atoms. The van der Waals surface area contributed by atoms with Gasteiger partial charge in [0.1, 0.15) is 41.0 Å². The van der Waals surface area contributed by atoms with Gasteiger partial charge in [-0.05, 0) is 102 Å². The first-order valence-corrected chi connectivity index (χ1v) is 25.0. The summed E-state index contributed by atoms with van der Waals surface area (Å²) >= 11 is 0. The smallest absolute Gasteiger partial charge is 0.311 e. The van der Waals surface area contributed by atoms with Crippen molar-refractivity contribution >= 4 is 35.1 Å². The highest BCUT2D eigenvalue weighted by Crippen LogP contribution is 2.56. The van der Waals surface area contributed by atoms with Gasteiger partial charge in [-0.2, -0.15) is 0 Å². The number of cyclic esters (lactones) is 1. The Hall–Kier alpha value is -3.17. The van der Waals surface area contributed by atoms with E-state index in [9.17, 15) is 35.1 Å². The van der Waals surface area contributed by atoms with Crippen LogP contribution in [-0.2, 0) is 14.3 Å². The molecule has 3 aromatic carbocycles. The molecule has 1 saturated heterocycles. The SMILES string of the molecule is CC[C@H]1OC(=O)[C@H](C)[C@@H](O)[C@H](C)[C@@H](O)[C@](C)(O)C[C@@H](C)CN(C(=O)CCCCCCCCCCC[P+](c2ccccc2)(c2ccccc2)c2ccccc2)[C@H](C)[C@@H](O)[C@]1(C)O. The van der Waals surface area contributed by atoms with Crippen LogP contribution in [0.1, 0.15) is 126 Å². The molecule has 10 heteroatoms. The molecule has 9 nitrogen and oxygen atoms in total. The average Bonchev–Trinajstić information content (AvgIpc) is 3.26. The first-order valence-electron chi connectivity index (χ1n) is 23.0. The van der Waals surface area contributed by atoms with Crippen molar-refractivity contribution in [2.75, 3.05) is 12.7 Å². The standard InChI is InChI=1S/C51H77NO8P/c1-8-44-51(7,59)48(56)40(5)52(36-37(2)35-50(6,58)47(55)38(3)46(54)39(4)49(57)60-44)45(53)33-25-14-12-10-9-11-13-15-26-34-61(41-27-19-16-20-28-41,42-29-21-17-22-30-42)43-31-23-18-24-32-43/h16-24,27-32,37-40,44,46-48,54-56,58-59H,8-15,25-26,33-36H2,1-7H3/q+1/t37-,38+,39-,40-,44-,46+,47-,48-,50-,51-/m1/s1. The molecule has 1 heterocycles. The van der Waals surface area contributed by atoms with Gasteiger partial charge in [0, 0.05) is 18.9 Å². The van der Waals surface area contributed by atoms with Gasteiger partial charge in [0.25, 0.3) is 0 Å². The summed E-state index contributed by atoms with van der Waals surface area (Å²) in [6, 6.07) is 32.3. The molecule has 0 unspecified atom stereocenters. The Morgan fingerprint density at radius 3 is 1.61 bits per heavy atom. The van der Waals surface area contributed by atoms with Crippen molar-refractivity contribution in [1.82, 2.24) is 4.90 Å². The Balaban J connectivity index is 1.31. The van der Waals surface area contributed by atoms with Crippen molar-refractivity contribution in [3.8, 4) is 0 Å². The van der Waals surface area contributed by atoms with Gasteiger partial charge in [-0.15, -0.1) is 0 Å². The number of hydrogen-bond acceptors (Lipinski definition) is 8. The number of aliphatic hydroxyl groups excluding tert-OH is 3. The quantitative estimate of drug-likeness (QED) is 0.0573. The van der Waals surface area contributed by atoms with Crippen LogP contribution in [0.15, 0.2) is 91.0 Å². The number of aliphatic hydroxyl groups is 5. The lowest BCUT2D eigenvalue weighted by molar-refractivity contribution is -0.194. The van der Waals surface area contributed by atoms with Crippen molar-refractivity contribution in [1.29, 1.82) is 0 Å². The highest BCUT2D eigenvalue weighted by atomic mass is 31.2. The zero-order valence-corrected chi connectivity index (χ0v) is 38.9. The van der Waals surface area contributed by atoms with Gasteiger partial charge in [-0.3, -0.25) is 9.59 Å². The molecule has 1 amide bonds. The van der Waals surface area contributed by atoms with Gasteiger partial charge in [-0.25, -0.2) is 0 Å². The predicted octanol–water partition coefficient (Wildman–Crippen LogP) is 7.32. The van der Waals surface area contributed by atoms with Crippen molar-refractivity contribution in [2.24, 2.45) is 17.8 Å². The minimum Gasteiger partial charge on any atom is -0.459 e. The molecule has 0 bridgehead atoms. The maximum atomic E-state index is 14.0. The van der Waals surface area contributed by atoms with Crippen LogP contribution < -0.4 is 15.9 Å². The van der Waals surface area contributed by atoms with E-state index in [0.717, 1.165) is 38.3 Å². The molecular weight excluding hydrogens is 786 g/mol. The van der Waals surface area contributed by atoms with Crippen LogP contribution in [0.5, 0.6) is 0 Å². The van der Waals surface area contributed by atoms with Gasteiger partial charge < -0.3 is 35.2 Å². The summed E-state index contributed by atoms with van der Waals surface area (Å²) in [5, 5.41) is 61.3. The Kier molecular flexibility index (Phi) is 19.4. The Bertz CT molecular complexity index is 1640. The highest BCUT2D eigenvalue weighted by Gasteiger charge is 2.48. The van der Waals surface area contributed by atoms with Crippen LogP contribution >= 0.6 is 7.26 Å². The van der Waals surface area contributed by atoms with E-state index < -0.39 is 66.7 Å². The molecule has 0 aliphatic carbocycles. The van der Waals surface area contributed by atoms with Gasteiger partial charge in [0.15, 0.2) is 0 Å². The van der Waals surface area contributed by atoms with Crippen LogP contribution in [0, 0.1) is 17.8 Å². The average molecular weight is 863 g/mol. The molecule has 10 atom stereocenters. The Morgan fingerprint density at radius 2 is 1.15 bits per heavy atom. The number of rotatable bonds is 16. The number of carbonyl (C=O) groups excluding carboxylic acids is 2. The summed E-state index contributed by atoms with van der Waals surface area (Å²) in [6.45, 7) is 11.4. The third-order valence-corrected chi connectivity index (χ3v) is 18.0. The van der Waals surface area contributed by atoms with Crippen LogP contribution in [0.25, 0.3) is 0 Å². The fourth-order valence-corrected chi connectivity index (χ4v) is 14.1. The summed E-state index contributed by atoms with van der Waals surface area (Å²) in [5.74, 6) is -3.22. The fourth-order valence-electron chi connectivity index (χ4n) is 9.67. The van der Waals surface area contributed by atoms with E-state index in [1.54, 1.807) is 25.7 Å². The minimum absolute atomic E-state index is 0.0973. The molecule has 5 N–H and O–H groups in total. The second kappa shape index (κ2) is 23.5. The van der Waals surface area contributed by atoms with E-state index in [1.165, 1.54) is 55.9 Å². The first kappa shape index (κ1) is 50.5. The third-order valence-electron chi connectivity index (χ3n) is 13.5. The van der Waals surface area contributed by atoms with Crippen molar-refractivity contribution < 1.29 is 39.9 Å². The number of unbranched alkanes of at least 4 members (excludes halogenated alkanes) is 8. The molecule has 0 spiro atoms. The Labute approximate surface area is 367 Å². The Morgan fingerprint density at radius 1 is 0.705 bits per heavy atom. The van der Waals surface area contributed by atoms with Crippen LogP contribution in [0.2, 0.25) is 0 Å². The van der Waals surface area contributed by atoms with E-state index in [4.69, 9.17) is 4.74 Å². The van der Waals surface area contributed by atoms with Gasteiger partial charge in [-0.1, -0.05) is 114 Å².